The zero-order valence-corrected chi connectivity index (χ0v) is 8.30. The van der Waals surface area contributed by atoms with Crippen LogP contribution in [0.1, 0.15) is 33.6 Å². The summed E-state index contributed by atoms with van der Waals surface area (Å²) in [5.41, 5.74) is 0.0280. The van der Waals surface area contributed by atoms with E-state index < -0.39 is 0 Å². The van der Waals surface area contributed by atoms with Crippen molar-refractivity contribution in [3.05, 3.63) is 0 Å². The van der Waals surface area contributed by atoms with Crippen molar-refractivity contribution in [2.45, 2.75) is 51.3 Å². The van der Waals surface area contributed by atoms with Crippen LogP contribution in [0.3, 0.4) is 0 Å². The lowest BCUT2D eigenvalue weighted by Gasteiger charge is -2.45. The van der Waals surface area contributed by atoms with Gasteiger partial charge in [0.15, 0.2) is 0 Å². The van der Waals surface area contributed by atoms with Gasteiger partial charge in [0.05, 0.1) is 6.10 Å². The molecule has 1 rings (SSSR count). The zero-order chi connectivity index (χ0) is 8.65. The van der Waals surface area contributed by atoms with Crippen LogP contribution in [0.25, 0.3) is 0 Å². The molecule has 0 saturated carbocycles. The Balaban J connectivity index is 2.67. The lowest BCUT2D eigenvalue weighted by molar-refractivity contribution is 0.0226. The number of piperidine rings is 1. The summed E-state index contributed by atoms with van der Waals surface area (Å²) in [5.74, 6) is 0. The summed E-state index contributed by atoms with van der Waals surface area (Å²) in [4.78, 5) is 0. The molecule has 3 heteroatoms. The van der Waals surface area contributed by atoms with Gasteiger partial charge >= 0.3 is 0 Å². The van der Waals surface area contributed by atoms with E-state index in [1.54, 1.807) is 0 Å². The predicted molar refractivity (Wildman–Crippen MR) is 49.6 cm³/mol. The van der Waals surface area contributed by atoms with E-state index in [-0.39, 0.29) is 11.6 Å². The Morgan fingerprint density at radius 2 is 2.09 bits per heavy atom. The molecule has 0 aromatic carbocycles. The SMILES string of the molecule is CC1CC(O)CC(C)(C)N1S. The lowest BCUT2D eigenvalue weighted by atomic mass is 9.88. The smallest absolute Gasteiger partial charge is 0.0573 e. The highest BCUT2D eigenvalue weighted by atomic mass is 32.1. The van der Waals surface area contributed by atoms with Gasteiger partial charge in [-0.1, -0.05) is 12.8 Å². The molecule has 1 fully saturated rings. The Labute approximate surface area is 74.1 Å². The van der Waals surface area contributed by atoms with Crippen molar-refractivity contribution in [1.29, 1.82) is 0 Å². The fourth-order valence-corrected chi connectivity index (χ4v) is 2.02. The largest absolute Gasteiger partial charge is 0.393 e. The Bertz CT molecular complexity index is 149. The van der Waals surface area contributed by atoms with Gasteiger partial charge in [-0.3, -0.25) is 0 Å². The third kappa shape index (κ3) is 1.89. The van der Waals surface area contributed by atoms with Crippen LogP contribution in [0.5, 0.6) is 0 Å². The Morgan fingerprint density at radius 1 is 1.55 bits per heavy atom. The highest BCUT2D eigenvalue weighted by molar-refractivity contribution is 7.77. The van der Waals surface area contributed by atoms with Crippen LogP contribution in [-0.4, -0.2) is 27.1 Å². The van der Waals surface area contributed by atoms with Gasteiger partial charge in [0.25, 0.3) is 0 Å². The highest BCUT2D eigenvalue weighted by Crippen LogP contribution is 2.32. The van der Waals surface area contributed by atoms with Gasteiger partial charge in [0, 0.05) is 11.6 Å². The van der Waals surface area contributed by atoms with E-state index in [4.69, 9.17) is 0 Å². The van der Waals surface area contributed by atoms with Crippen molar-refractivity contribution in [1.82, 2.24) is 4.31 Å². The first-order valence-electron chi connectivity index (χ1n) is 4.10. The molecular weight excluding hydrogens is 158 g/mol. The van der Waals surface area contributed by atoms with Crippen LogP contribution in [0, 0.1) is 0 Å². The summed E-state index contributed by atoms with van der Waals surface area (Å²) in [6, 6.07) is 0.372. The summed E-state index contributed by atoms with van der Waals surface area (Å²) < 4.78 is 2.04. The molecule has 0 radical (unpaired) electrons. The maximum absolute atomic E-state index is 9.47. The maximum atomic E-state index is 9.47. The molecule has 0 aromatic heterocycles. The first-order chi connectivity index (χ1) is 4.93. The normalized spacial score (nSPS) is 39.0. The van der Waals surface area contributed by atoms with E-state index in [0.717, 1.165) is 12.8 Å². The van der Waals surface area contributed by atoms with Crippen molar-refractivity contribution < 1.29 is 5.11 Å². The second-order valence-electron chi connectivity index (χ2n) is 4.10. The molecule has 1 aliphatic rings. The fourth-order valence-electron chi connectivity index (χ4n) is 1.84. The maximum Gasteiger partial charge on any atom is 0.0573 e. The molecule has 0 aromatic rings. The van der Waals surface area contributed by atoms with Crippen LogP contribution in [-0.2, 0) is 0 Å². The van der Waals surface area contributed by atoms with E-state index in [0.29, 0.717) is 6.04 Å². The first-order valence-corrected chi connectivity index (χ1v) is 4.50. The molecule has 1 aliphatic heterocycles. The summed E-state index contributed by atoms with van der Waals surface area (Å²) in [5, 5.41) is 9.47. The summed E-state index contributed by atoms with van der Waals surface area (Å²) in [6.45, 7) is 6.31. The Hall–Kier alpha value is 0.270. The first kappa shape index (κ1) is 9.36. The number of hydrogen-bond acceptors (Lipinski definition) is 3. The molecular formula is C8H17NOS. The second-order valence-corrected chi connectivity index (χ2v) is 4.53. The van der Waals surface area contributed by atoms with Crippen LogP contribution >= 0.6 is 12.8 Å². The summed E-state index contributed by atoms with van der Waals surface area (Å²) in [6.07, 6.45) is 1.51. The zero-order valence-electron chi connectivity index (χ0n) is 7.41. The quantitative estimate of drug-likeness (QED) is 0.544. The molecule has 2 unspecified atom stereocenters. The number of rotatable bonds is 0. The third-order valence-corrected chi connectivity index (χ3v) is 3.32. The standard InChI is InChI=1S/C8H17NOS/c1-6-4-7(10)5-8(2,3)9(6)11/h6-7,10-11H,4-5H2,1-3H3. The Kier molecular flexibility index (Phi) is 2.52. The number of thiol groups is 1. The third-order valence-electron chi connectivity index (χ3n) is 2.39. The molecule has 0 amide bonds. The summed E-state index contributed by atoms with van der Waals surface area (Å²) >= 11 is 4.40. The molecule has 2 atom stereocenters. The van der Waals surface area contributed by atoms with Crippen LogP contribution in [0.15, 0.2) is 0 Å². The van der Waals surface area contributed by atoms with E-state index in [2.05, 4.69) is 33.6 Å². The highest BCUT2D eigenvalue weighted by Gasteiger charge is 2.36. The fraction of sp³-hybridized carbons (Fsp3) is 1.00. The number of nitrogens with zero attached hydrogens (tertiary/aromatic N) is 1. The van der Waals surface area contributed by atoms with Crippen LogP contribution < -0.4 is 0 Å². The average molecular weight is 175 g/mol. The number of aliphatic hydroxyl groups is 1. The monoisotopic (exact) mass is 175 g/mol. The van der Waals surface area contributed by atoms with E-state index >= 15 is 0 Å². The molecule has 0 spiro atoms. The Morgan fingerprint density at radius 3 is 2.55 bits per heavy atom. The van der Waals surface area contributed by atoms with Crippen molar-refractivity contribution in [3.63, 3.8) is 0 Å². The number of aliphatic hydroxyl groups excluding tert-OH is 1. The van der Waals surface area contributed by atoms with Crippen molar-refractivity contribution in [2.75, 3.05) is 0 Å². The molecule has 1 N–H and O–H groups in total. The van der Waals surface area contributed by atoms with Gasteiger partial charge < -0.3 is 5.11 Å². The van der Waals surface area contributed by atoms with Crippen molar-refractivity contribution in [3.8, 4) is 0 Å². The van der Waals surface area contributed by atoms with Crippen molar-refractivity contribution in [2.24, 2.45) is 0 Å². The van der Waals surface area contributed by atoms with Gasteiger partial charge in [-0.05, 0) is 33.6 Å². The van der Waals surface area contributed by atoms with E-state index in [1.165, 1.54) is 0 Å². The lowest BCUT2D eigenvalue weighted by Crippen LogP contribution is -2.50. The number of hydrogen-bond donors (Lipinski definition) is 2. The molecule has 0 aliphatic carbocycles. The van der Waals surface area contributed by atoms with Gasteiger partial charge in [-0.2, -0.15) is 0 Å². The molecule has 11 heavy (non-hydrogen) atoms. The minimum Gasteiger partial charge on any atom is -0.393 e. The van der Waals surface area contributed by atoms with Crippen LogP contribution in [0.4, 0.5) is 0 Å². The molecule has 2 nitrogen and oxygen atoms in total. The van der Waals surface area contributed by atoms with Gasteiger partial charge in [-0.25, -0.2) is 4.31 Å². The van der Waals surface area contributed by atoms with Gasteiger partial charge in [0.1, 0.15) is 0 Å². The summed E-state index contributed by atoms with van der Waals surface area (Å²) in [7, 11) is 0. The second kappa shape index (κ2) is 2.96. The minimum absolute atomic E-state index is 0.0280. The van der Waals surface area contributed by atoms with E-state index in [1.807, 2.05) is 4.31 Å². The predicted octanol–water partition coefficient (Wildman–Crippen LogP) is 1.46. The minimum atomic E-state index is -0.150. The van der Waals surface area contributed by atoms with E-state index in [9.17, 15) is 5.11 Å². The molecule has 66 valence electrons. The molecule has 1 heterocycles. The van der Waals surface area contributed by atoms with Gasteiger partial charge in [-0.15, -0.1) is 0 Å². The van der Waals surface area contributed by atoms with Gasteiger partial charge in [0.2, 0.25) is 0 Å². The topological polar surface area (TPSA) is 23.5 Å². The van der Waals surface area contributed by atoms with Crippen molar-refractivity contribution >= 4 is 12.8 Å². The van der Waals surface area contributed by atoms with Crippen LogP contribution in [0.2, 0.25) is 0 Å². The molecule has 0 bridgehead atoms. The average Bonchev–Trinajstić information content (AvgIpc) is 1.81. The molecule has 1 saturated heterocycles.